The molecule has 7 nitrogen and oxygen atoms in total. The average molecular weight is 180 g/mol. The highest BCUT2D eigenvalue weighted by molar-refractivity contribution is 5.80. The number of hydrogen-bond acceptors (Lipinski definition) is 6. The van der Waals surface area contributed by atoms with E-state index in [0.29, 0.717) is 11.5 Å². The third-order valence-electron chi connectivity index (χ3n) is 1.60. The molecule has 68 valence electrons. The molecule has 13 heavy (non-hydrogen) atoms. The zero-order chi connectivity index (χ0) is 9.26. The Hall–Kier alpha value is -1.89. The van der Waals surface area contributed by atoms with Crippen LogP contribution in [0.4, 0.5) is 5.95 Å². The van der Waals surface area contributed by atoms with Gasteiger partial charge in [-0.2, -0.15) is 15.1 Å². The second-order valence-corrected chi connectivity index (χ2v) is 2.33. The summed E-state index contributed by atoms with van der Waals surface area (Å²) in [7, 11) is 1.52. The molecule has 0 atom stereocenters. The van der Waals surface area contributed by atoms with Crippen LogP contribution in [0.2, 0.25) is 0 Å². The molecule has 0 bridgehead atoms. The van der Waals surface area contributed by atoms with Crippen molar-refractivity contribution in [3.05, 3.63) is 6.20 Å². The fraction of sp³-hybridized carbons (Fsp3) is 0.167. The van der Waals surface area contributed by atoms with Crippen LogP contribution in [0.15, 0.2) is 6.20 Å². The van der Waals surface area contributed by atoms with Crippen LogP contribution in [0.3, 0.4) is 0 Å². The standard InChI is InChI=1S/C6H8N6O/c1-13-5-3-2-8-12-4(3)9-6(10-5)11-7/h2H,7H2,1H3,(H2,8,9,10,11,12). The average Bonchev–Trinajstić information content (AvgIpc) is 2.63. The van der Waals surface area contributed by atoms with E-state index in [4.69, 9.17) is 10.6 Å². The number of H-pyrrole nitrogens is 1. The Morgan fingerprint density at radius 3 is 3.08 bits per heavy atom. The van der Waals surface area contributed by atoms with Crippen molar-refractivity contribution in [2.45, 2.75) is 0 Å². The molecule has 0 aliphatic rings. The van der Waals surface area contributed by atoms with Gasteiger partial charge < -0.3 is 4.74 Å². The summed E-state index contributed by atoms with van der Waals surface area (Å²) in [6.45, 7) is 0. The van der Waals surface area contributed by atoms with E-state index in [9.17, 15) is 0 Å². The molecule has 0 spiro atoms. The Balaban J connectivity index is 2.70. The van der Waals surface area contributed by atoms with Crippen molar-refractivity contribution < 1.29 is 4.74 Å². The van der Waals surface area contributed by atoms with Gasteiger partial charge in [-0.3, -0.25) is 10.5 Å². The number of hydrogen-bond donors (Lipinski definition) is 3. The number of nitrogens with two attached hydrogens (primary N) is 1. The molecule has 7 heteroatoms. The Morgan fingerprint density at radius 1 is 1.54 bits per heavy atom. The summed E-state index contributed by atoms with van der Waals surface area (Å²) >= 11 is 0. The molecule has 0 aliphatic carbocycles. The zero-order valence-corrected chi connectivity index (χ0v) is 6.90. The van der Waals surface area contributed by atoms with Crippen molar-refractivity contribution >= 4 is 17.0 Å². The maximum Gasteiger partial charge on any atom is 0.242 e. The van der Waals surface area contributed by atoms with E-state index in [1.165, 1.54) is 7.11 Å². The van der Waals surface area contributed by atoms with Gasteiger partial charge in [-0.1, -0.05) is 0 Å². The van der Waals surface area contributed by atoms with E-state index < -0.39 is 0 Å². The second-order valence-electron chi connectivity index (χ2n) is 2.33. The van der Waals surface area contributed by atoms with Crippen molar-refractivity contribution in [1.29, 1.82) is 0 Å². The fourth-order valence-corrected chi connectivity index (χ4v) is 1.03. The highest BCUT2D eigenvalue weighted by Crippen LogP contribution is 2.20. The summed E-state index contributed by atoms with van der Waals surface area (Å²) in [5, 5.41) is 7.23. The first kappa shape index (κ1) is 7.74. The minimum absolute atomic E-state index is 0.286. The molecule has 0 aliphatic heterocycles. The van der Waals surface area contributed by atoms with Crippen LogP contribution in [0, 0.1) is 0 Å². The van der Waals surface area contributed by atoms with Gasteiger partial charge >= 0.3 is 0 Å². The molecule has 2 aromatic heterocycles. The Bertz CT molecular complexity index is 424. The quantitative estimate of drug-likeness (QED) is 0.431. The Kier molecular flexibility index (Phi) is 1.71. The van der Waals surface area contributed by atoms with Crippen molar-refractivity contribution in [1.82, 2.24) is 20.2 Å². The zero-order valence-electron chi connectivity index (χ0n) is 6.90. The number of ether oxygens (including phenoxy) is 1. The lowest BCUT2D eigenvalue weighted by Crippen LogP contribution is -2.10. The molecule has 0 fully saturated rings. The SMILES string of the molecule is COc1nc(NN)nc2[nH]ncc12. The third kappa shape index (κ3) is 1.14. The van der Waals surface area contributed by atoms with Crippen LogP contribution in [0.1, 0.15) is 0 Å². The number of fused-ring (bicyclic) bond motifs is 1. The molecule has 0 saturated carbocycles. The normalized spacial score (nSPS) is 10.3. The highest BCUT2D eigenvalue weighted by atomic mass is 16.5. The lowest BCUT2D eigenvalue weighted by atomic mass is 10.4. The first-order chi connectivity index (χ1) is 6.35. The number of nitrogen functional groups attached to an aromatic ring is 1. The molecule has 0 amide bonds. The van der Waals surface area contributed by atoms with Crippen LogP contribution in [-0.2, 0) is 0 Å². The van der Waals surface area contributed by atoms with Crippen LogP contribution >= 0.6 is 0 Å². The van der Waals surface area contributed by atoms with Crippen molar-refractivity contribution in [2.75, 3.05) is 12.5 Å². The predicted molar refractivity (Wildman–Crippen MR) is 46.0 cm³/mol. The predicted octanol–water partition coefficient (Wildman–Crippen LogP) is -0.353. The van der Waals surface area contributed by atoms with Gasteiger partial charge in [0.1, 0.15) is 5.39 Å². The minimum Gasteiger partial charge on any atom is -0.480 e. The van der Waals surface area contributed by atoms with Crippen LogP contribution in [0.5, 0.6) is 5.88 Å². The van der Waals surface area contributed by atoms with E-state index >= 15 is 0 Å². The van der Waals surface area contributed by atoms with Gasteiger partial charge in [0.05, 0.1) is 13.3 Å². The second kappa shape index (κ2) is 2.87. The molecule has 0 radical (unpaired) electrons. The molecule has 2 rings (SSSR count). The third-order valence-corrected chi connectivity index (χ3v) is 1.60. The molecular weight excluding hydrogens is 172 g/mol. The van der Waals surface area contributed by atoms with Gasteiger partial charge in [0.25, 0.3) is 0 Å². The molecule has 4 N–H and O–H groups in total. The summed E-state index contributed by atoms with van der Waals surface area (Å²) in [4.78, 5) is 8.00. The largest absolute Gasteiger partial charge is 0.480 e. The first-order valence-corrected chi connectivity index (χ1v) is 3.57. The molecule has 0 unspecified atom stereocenters. The van der Waals surface area contributed by atoms with E-state index in [-0.39, 0.29) is 5.95 Å². The van der Waals surface area contributed by atoms with Gasteiger partial charge in [0, 0.05) is 0 Å². The highest BCUT2D eigenvalue weighted by Gasteiger charge is 2.08. The number of nitrogens with zero attached hydrogens (tertiary/aromatic N) is 3. The number of nitrogens with one attached hydrogen (secondary N) is 2. The van der Waals surface area contributed by atoms with Crippen LogP contribution in [-0.4, -0.2) is 27.3 Å². The fourth-order valence-electron chi connectivity index (χ4n) is 1.03. The van der Waals surface area contributed by atoms with Crippen molar-refractivity contribution in [3.63, 3.8) is 0 Å². The summed E-state index contributed by atoms with van der Waals surface area (Å²) < 4.78 is 5.02. The maximum atomic E-state index is 5.17. The summed E-state index contributed by atoms with van der Waals surface area (Å²) in [6, 6.07) is 0. The van der Waals surface area contributed by atoms with E-state index in [2.05, 4.69) is 25.6 Å². The number of anilines is 1. The Morgan fingerprint density at radius 2 is 2.38 bits per heavy atom. The van der Waals surface area contributed by atoms with Crippen molar-refractivity contribution in [2.24, 2.45) is 5.84 Å². The minimum atomic E-state index is 0.286. The van der Waals surface area contributed by atoms with E-state index in [1.54, 1.807) is 6.20 Å². The number of aromatic amines is 1. The van der Waals surface area contributed by atoms with Crippen molar-refractivity contribution in [3.8, 4) is 5.88 Å². The van der Waals surface area contributed by atoms with Gasteiger partial charge in [0.15, 0.2) is 5.65 Å². The number of methoxy groups -OCH3 is 1. The molecular formula is C6H8N6O. The molecule has 0 aromatic carbocycles. The summed E-state index contributed by atoms with van der Waals surface area (Å²) in [5.74, 6) is 5.89. The monoisotopic (exact) mass is 180 g/mol. The first-order valence-electron chi connectivity index (χ1n) is 3.57. The van der Waals surface area contributed by atoms with Gasteiger partial charge in [-0.05, 0) is 0 Å². The lowest BCUT2D eigenvalue weighted by Gasteiger charge is -2.02. The van der Waals surface area contributed by atoms with E-state index in [1.807, 2.05) is 0 Å². The molecule has 0 saturated heterocycles. The maximum absolute atomic E-state index is 5.17. The Labute approximate surface area is 73.3 Å². The number of rotatable bonds is 2. The molecule has 2 heterocycles. The van der Waals surface area contributed by atoms with Gasteiger partial charge in [-0.15, -0.1) is 0 Å². The smallest absolute Gasteiger partial charge is 0.242 e. The van der Waals surface area contributed by atoms with Crippen LogP contribution in [0.25, 0.3) is 11.0 Å². The van der Waals surface area contributed by atoms with Gasteiger partial charge in [0.2, 0.25) is 11.8 Å². The molecule has 2 aromatic rings. The number of aromatic nitrogens is 4. The summed E-state index contributed by atoms with van der Waals surface area (Å²) in [6.07, 6.45) is 1.59. The van der Waals surface area contributed by atoms with E-state index in [0.717, 1.165) is 5.39 Å². The topological polar surface area (TPSA) is 102 Å². The summed E-state index contributed by atoms with van der Waals surface area (Å²) in [5.41, 5.74) is 2.92. The lowest BCUT2D eigenvalue weighted by molar-refractivity contribution is 0.403. The number of hydrazine groups is 1. The van der Waals surface area contributed by atoms with Gasteiger partial charge in [-0.25, -0.2) is 5.84 Å². The van der Waals surface area contributed by atoms with Crippen LogP contribution < -0.4 is 16.0 Å².